The number of aromatic nitrogens is 13. The summed E-state index contributed by atoms with van der Waals surface area (Å²) in [6, 6.07) is 62.6. The predicted molar refractivity (Wildman–Crippen MR) is 391 cm³/mol. The monoisotopic (exact) mass is 1380 g/mol. The van der Waals surface area contributed by atoms with E-state index in [4.69, 9.17) is 56.5 Å². The van der Waals surface area contributed by atoms with Crippen molar-refractivity contribution in [2.75, 3.05) is 40.3 Å². The third kappa shape index (κ3) is 15.0. The zero-order chi connectivity index (χ0) is 69.1. The van der Waals surface area contributed by atoms with E-state index < -0.39 is 0 Å². The van der Waals surface area contributed by atoms with E-state index in [1.165, 1.54) is 0 Å². The number of nitrogens with one attached hydrogen (secondary N) is 1. The van der Waals surface area contributed by atoms with Gasteiger partial charge in [0.05, 0.1) is 31.2 Å². The van der Waals surface area contributed by atoms with Crippen LogP contribution < -0.4 is 5.32 Å². The van der Waals surface area contributed by atoms with Crippen LogP contribution in [0.3, 0.4) is 0 Å². The fraction of sp³-hybridized carbons (Fsp3) is 0.208. The smallest absolute Gasteiger partial charge is 0.244 e. The highest BCUT2D eigenvalue weighted by molar-refractivity contribution is 6.40. The minimum absolute atomic E-state index is 0.0146. The molecule has 1 N–H and O–H groups in total. The molecule has 500 valence electrons. The Labute approximate surface area is 592 Å². The molecular weight excluding hydrogens is 1320 g/mol. The fourth-order valence-electron chi connectivity index (χ4n) is 12.4. The van der Waals surface area contributed by atoms with Gasteiger partial charge in [0.2, 0.25) is 17.7 Å². The van der Waals surface area contributed by atoms with Gasteiger partial charge >= 0.3 is 0 Å². The summed E-state index contributed by atoms with van der Waals surface area (Å²) in [4.78, 5) is 49.0. The summed E-state index contributed by atoms with van der Waals surface area (Å²) < 4.78 is 4.79. The number of likely N-dealkylation sites (tertiary alicyclic amines) is 2. The van der Waals surface area contributed by atoms with Gasteiger partial charge in [0.15, 0.2) is 16.9 Å². The van der Waals surface area contributed by atoms with Gasteiger partial charge in [0.25, 0.3) is 0 Å². The molecule has 0 bridgehead atoms. The maximum absolute atomic E-state index is 13.2. The largest absolute Gasteiger partial charge is 0.350 e. The summed E-state index contributed by atoms with van der Waals surface area (Å²) in [7, 11) is 4.19. The zero-order valence-corrected chi connectivity index (χ0v) is 57.1. The summed E-state index contributed by atoms with van der Waals surface area (Å²) in [6.45, 7) is 3.29. The molecule has 0 aliphatic carbocycles. The van der Waals surface area contributed by atoms with Gasteiger partial charge in [0, 0.05) is 90.5 Å². The highest BCUT2D eigenvalue weighted by atomic mass is 35.5. The Morgan fingerprint density at radius 1 is 0.470 bits per heavy atom. The van der Waals surface area contributed by atoms with Gasteiger partial charge in [0.1, 0.15) is 53.8 Å². The molecule has 13 aromatic rings. The fourth-order valence-corrected chi connectivity index (χ4v) is 13.4. The van der Waals surface area contributed by atoms with Crippen molar-refractivity contribution >= 4 is 85.6 Å². The number of piperidine rings is 2. The molecule has 6 aromatic carbocycles. The van der Waals surface area contributed by atoms with Crippen LogP contribution in [0.5, 0.6) is 0 Å². The lowest BCUT2D eigenvalue weighted by Crippen LogP contribution is -2.45. The lowest BCUT2D eigenvalue weighted by atomic mass is 9.99. The molecule has 20 nitrogen and oxygen atoms in total. The van der Waals surface area contributed by atoms with Gasteiger partial charge in [-0.1, -0.05) is 223 Å². The molecule has 23 heteroatoms. The van der Waals surface area contributed by atoms with E-state index in [1.54, 1.807) is 26.4 Å². The van der Waals surface area contributed by atoms with Gasteiger partial charge in [-0.15, -0.1) is 42.9 Å². The topological polar surface area (TPSA) is 217 Å². The molecule has 3 amide bonds. The Balaban J connectivity index is 0.000000134. The molecule has 15 rings (SSSR count). The van der Waals surface area contributed by atoms with Gasteiger partial charge in [-0.3, -0.25) is 19.4 Å². The van der Waals surface area contributed by atoms with Crippen LogP contribution in [0.2, 0.25) is 15.1 Å². The van der Waals surface area contributed by atoms with E-state index in [9.17, 15) is 14.4 Å². The number of hydrogen-bond donors (Lipinski definition) is 1. The number of rotatable bonds is 15. The van der Waals surface area contributed by atoms with Crippen LogP contribution in [0.1, 0.15) is 31.2 Å². The number of carbonyl (C=O) groups is 3. The molecule has 7 aromatic heterocycles. The van der Waals surface area contributed by atoms with Gasteiger partial charge in [-0.2, -0.15) is 15.3 Å². The summed E-state index contributed by atoms with van der Waals surface area (Å²) in [5, 5.41) is 47.2. The third-order valence-electron chi connectivity index (χ3n) is 17.7. The highest BCUT2D eigenvalue weighted by Crippen LogP contribution is 2.41. The van der Waals surface area contributed by atoms with Crippen LogP contribution in [0.15, 0.2) is 207 Å². The number of pyridine rings is 1. The van der Waals surface area contributed by atoms with Crippen LogP contribution in [-0.2, 0) is 40.6 Å². The Morgan fingerprint density at radius 2 is 0.840 bits per heavy atom. The van der Waals surface area contributed by atoms with Gasteiger partial charge in [-0.25, -0.2) is 14.0 Å². The molecular formula is C77H68Cl3N17O3. The lowest BCUT2D eigenvalue weighted by Gasteiger charge is -2.35. The van der Waals surface area contributed by atoms with Crippen molar-refractivity contribution in [3.05, 3.63) is 227 Å². The first-order chi connectivity index (χ1) is 48.9. The minimum Gasteiger partial charge on any atom is -0.350 e. The van der Waals surface area contributed by atoms with Crippen LogP contribution >= 0.6 is 34.8 Å². The number of amides is 3. The number of benzene rings is 6. The summed E-state index contributed by atoms with van der Waals surface area (Å²) in [5.74, 6) is 2.67. The molecule has 2 saturated heterocycles. The van der Waals surface area contributed by atoms with Crippen LogP contribution in [0.25, 0.3) is 101 Å². The third-order valence-corrected chi connectivity index (χ3v) is 18.8. The number of hydrogen-bond acceptors (Lipinski definition) is 14. The van der Waals surface area contributed by atoms with Crippen molar-refractivity contribution < 1.29 is 14.4 Å². The second-order valence-electron chi connectivity index (χ2n) is 24.5. The molecule has 100 heavy (non-hydrogen) atoms. The van der Waals surface area contributed by atoms with Crippen molar-refractivity contribution in [2.24, 2.45) is 5.92 Å². The summed E-state index contributed by atoms with van der Waals surface area (Å²) in [5.41, 5.74) is 11.5. The van der Waals surface area contributed by atoms with Crippen molar-refractivity contribution in [1.82, 2.24) is 84.9 Å². The van der Waals surface area contributed by atoms with Crippen molar-refractivity contribution in [2.45, 2.75) is 57.9 Å². The van der Waals surface area contributed by atoms with Crippen LogP contribution in [0, 0.1) is 18.3 Å². The Bertz CT molecular complexity index is 5060. The zero-order valence-electron chi connectivity index (χ0n) is 54.9. The number of fused-ring (bicyclic) bond motifs is 3. The molecule has 0 saturated carbocycles. The van der Waals surface area contributed by atoms with Crippen LogP contribution in [0.4, 0.5) is 0 Å². The van der Waals surface area contributed by atoms with Crippen LogP contribution in [-0.4, -0.2) is 144 Å². The van der Waals surface area contributed by atoms with Gasteiger partial charge < -0.3 is 20.0 Å². The maximum atomic E-state index is 13.2. The molecule has 2 fully saturated rings. The molecule has 0 radical (unpaired) electrons. The molecule has 2 aliphatic rings. The predicted octanol–water partition coefficient (Wildman–Crippen LogP) is 13.6. The minimum atomic E-state index is -0.201. The standard InChI is InChI=1S/C26H27ClN6O.C26H22ClN5O.C25H19ClN6O/c1-31(2)20-13-15-32(16-14-20)21(34)17-33-26-22(24(30-33)18-9-5-3-6-10-18)23(27)25(28-29-26)19-11-7-4-8-12-19;1-2-18-10-9-15-31(16-18)21(33)17-32-26-22(24(30-32)19-11-5-3-6-12-19)23(27)25(28-29-26)20-13-7-4-8-14-20;26-22-21-23(18-9-3-1-4-10-18)31-32(16-20(33)28-15-17-8-7-13-27-14-17)25(21)30-29-24(22)19-11-5-2-6-12-19/h3-12,20H,13-17H2,1-2H3;1,3-8,11-14,18H,9-10,15-17H2;1-14H,15-16H2,(H,28,33). The maximum Gasteiger partial charge on any atom is 0.244 e. The normalized spacial score (nSPS) is 13.9. The van der Waals surface area contributed by atoms with E-state index in [2.05, 4.69) is 65.8 Å². The van der Waals surface area contributed by atoms with E-state index >= 15 is 0 Å². The van der Waals surface area contributed by atoms with Crippen molar-refractivity contribution in [3.63, 3.8) is 0 Å². The second kappa shape index (κ2) is 31.2. The first kappa shape index (κ1) is 67.5. The molecule has 1 atom stereocenters. The lowest BCUT2D eigenvalue weighted by molar-refractivity contribution is -0.134. The van der Waals surface area contributed by atoms with Gasteiger partial charge in [-0.05, 0) is 51.4 Å². The van der Waals surface area contributed by atoms with E-state index in [0.717, 1.165) is 77.7 Å². The number of nitrogens with zero attached hydrogens (tertiary/aromatic N) is 16. The van der Waals surface area contributed by atoms with E-state index in [1.807, 2.05) is 204 Å². The first-order valence-corrected chi connectivity index (χ1v) is 34.0. The molecule has 9 heterocycles. The molecule has 2 aliphatic heterocycles. The number of carbonyl (C=O) groups excluding carboxylic acids is 3. The van der Waals surface area contributed by atoms with Crippen molar-refractivity contribution in [1.29, 1.82) is 0 Å². The quantitative estimate of drug-likeness (QED) is 0.0945. The number of terminal acetylenes is 1. The molecule has 0 spiro atoms. The highest BCUT2D eigenvalue weighted by Gasteiger charge is 2.30. The first-order valence-electron chi connectivity index (χ1n) is 32.8. The average molecular weight is 1390 g/mol. The summed E-state index contributed by atoms with van der Waals surface area (Å²) >= 11 is 20.7. The number of halogens is 3. The SMILES string of the molecule is C#CC1CCCN(C(=O)Cn2nc(-c3ccccc3)c3c(Cl)c(-c4ccccc4)nnc32)C1.CN(C)C1CCN(C(=O)Cn2nc(-c3ccccc3)c3c(Cl)c(-c4ccccc4)nnc32)CC1.O=C(Cn1nc(-c2ccccc2)c2c(Cl)c(-c3ccccc3)nnc21)NCc1cccnc1. The Morgan fingerprint density at radius 3 is 1.20 bits per heavy atom. The Kier molecular flexibility index (Phi) is 21.1. The Hall–Kier alpha value is -11.1. The van der Waals surface area contributed by atoms with E-state index in [0.29, 0.717) is 108 Å². The molecule has 1 unspecified atom stereocenters. The summed E-state index contributed by atoms with van der Waals surface area (Å²) in [6.07, 6.45) is 12.8. The van der Waals surface area contributed by atoms with E-state index in [-0.39, 0.29) is 43.3 Å². The second-order valence-corrected chi connectivity index (χ2v) is 25.6. The average Bonchev–Trinajstić information content (AvgIpc) is 1.61. The van der Waals surface area contributed by atoms with Crippen molar-refractivity contribution in [3.8, 4) is 79.9 Å².